The Morgan fingerprint density at radius 3 is 2.93 bits per heavy atom. The fourth-order valence-corrected chi connectivity index (χ4v) is 3.35. The van der Waals surface area contributed by atoms with Crippen LogP contribution >= 0.6 is 0 Å². The summed E-state index contributed by atoms with van der Waals surface area (Å²) >= 11 is 0. The molecule has 0 fully saturated rings. The van der Waals surface area contributed by atoms with Crippen LogP contribution in [0, 0.1) is 17.1 Å². The summed E-state index contributed by atoms with van der Waals surface area (Å²) in [5, 5.41) is 16.2. The van der Waals surface area contributed by atoms with Crippen molar-refractivity contribution < 1.29 is 14.0 Å². The zero-order valence-corrected chi connectivity index (χ0v) is 16.5. The molecule has 1 N–H and O–H groups in total. The highest BCUT2D eigenvalue weighted by Gasteiger charge is 2.27. The molecule has 0 bridgehead atoms. The van der Waals surface area contributed by atoms with E-state index in [9.17, 15) is 14.0 Å². The first-order valence-corrected chi connectivity index (χ1v) is 9.37. The number of nitriles is 1. The molecule has 3 rings (SSSR count). The Bertz CT molecular complexity index is 963. The lowest BCUT2D eigenvalue weighted by molar-refractivity contribution is 0.111. The van der Waals surface area contributed by atoms with Crippen LogP contribution in [-0.4, -0.2) is 59.1 Å². The number of fused-ring (bicyclic) bond motifs is 1. The average molecular weight is 398 g/mol. The van der Waals surface area contributed by atoms with Crippen molar-refractivity contribution >= 4 is 18.0 Å². The van der Waals surface area contributed by atoms with Crippen LogP contribution in [0.5, 0.6) is 0 Å². The first-order valence-electron chi connectivity index (χ1n) is 9.37. The van der Waals surface area contributed by atoms with Gasteiger partial charge in [-0.2, -0.15) is 10.4 Å². The van der Waals surface area contributed by atoms with Crippen molar-refractivity contribution in [2.45, 2.75) is 25.9 Å². The number of hydrogen-bond donors (Lipinski definition) is 1. The predicted octanol–water partition coefficient (Wildman–Crippen LogP) is 2.25. The lowest BCUT2D eigenvalue weighted by Gasteiger charge is -2.26. The highest BCUT2D eigenvalue weighted by Crippen LogP contribution is 2.23. The highest BCUT2D eigenvalue weighted by molar-refractivity contribution is 5.90. The van der Waals surface area contributed by atoms with E-state index in [1.165, 1.54) is 12.1 Å². The van der Waals surface area contributed by atoms with Crippen molar-refractivity contribution in [2.24, 2.45) is 0 Å². The molecule has 0 saturated heterocycles. The third-order valence-corrected chi connectivity index (χ3v) is 4.86. The number of nitrogens with one attached hydrogen (secondary N) is 1. The minimum Gasteiger partial charge on any atom is -0.320 e. The quantitative estimate of drug-likeness (QED) is 0.753. The van der Waals surface area contributed by atoms with Gasteiger partial charge >= 0.3 is 6.03 Å². The van der Waals surface area contributed by atoms with Gasteiger partial charge in [0, 0.05) is 30.8 Å². The Labute approximate surface area is 168 Å². The number of amides is 2. The van der Waals surface area contributed by atoms with Crippen molar-refractivity contribution in [1.29, 1.82) is 5.26 Å². The molecule has 2 aromatic rings. The smallest absolute Gasteiger partial charge is 0.320 e. The zero-order chi connectivity index (χ0) is 21.0. The molecular formula is C20H23FN6O2. The third-order valence-electron chi connectivity index (χ3n) is 4.86. The van der Waals surface area contributed by atoms with Crippen molar-refractivity contribution in [2.75, 3.05) is 32.5 Å². The third kappa shape index (κ3) is 4.60. The molecule has 0 unspecified atom stereocenters. The van der Waals surface area contributed by atoms with E-state index in [4.69, 9.17) is 5.26 Å². The molecule has 1 aliphatic heterocycles. The van der Waals surface area contributed by atoms with Crippen molar-refractivity contribution in [1.82, 2.24) is 19.6 Å². The molecule has 29 heavy (non-hydrogen) atoms. The van der Waals surface area contributed by atoms with Gasteiger partial charge < -0.3 is 15.1 Å². The molecule has 1 aromatic carbocycles. The number of anilines is 1. The summed E-state index contributed by atoms with van der Waals surface area (Å²) in [5.74, 6) is -0.634. The maximum Gasteiger partial charge on any atom is 0.322 e. The molecule has 0 saturated carbocycles. The van der Waals surface area contributed by atoms with Crippen molar-refractivity contribution in [3.63, 3.8) is 0 Å². The number of aldehydes is 1. The molecular weight excluding hydrogens is 375 g/mol. The van der Waals surface area contributed by atoms with E-state index in [1.807, 2.05) is 14.1 Å². The molecule has 8 nitrogen and oxygen atoms in total. The number of nitrogens with zero attached hydrogens (tertiary/aromatic N) is 5. The van der Waals surface area contributed by atoms with Crippen LogP contribution in [0.25, 0.3) is 0 Å². The van der Waals surface area contributed by atoms with E-state index in [2.05, 4.69) is 15.3 Å². The Morgan fingerprint density at radius 1 is 1.45 bits per heavy atom. The van der Waals surface area contributed by atoms with Gasteiger partial charge in [-0.15, -0.1) is 0 Å². The van der Waals surface area contributed by atoms with Gasteiger partial charge in [0.05, 0.1) is 17.8 Å². The lowest BCUT2D eigenvalue weighted by atomic mass is 10.1. The highest BCUT2D eigenvalue weighted by atomic mass is 19.1. The Balaban J connectivity index is 1.71. The number of halogens is 1. The molecule has 9 heteroatoms. The van der Waals surface area contributed by atoms with E-state index in [0.717, 1.165) is 36.6 Å². The van der Waals surface area contributed by atoms with E-state index in [-0.39, 0.29) is 18.1 Å². The Morgan fingerprint density at radius 2 is 2.24 bits per heavy atom. The van der Waals surface area contributed by atoms with Crippen LogP contribution in [0.2, 0.25) is 0 Å². The minimum absolute atomic E-state index is 0.133. The van der Waals surface area contributed by atoms with Crippen LogP contribution < -0.4 is 5.32 Å². The second-order valence-corrected chi connectivity index (χ2v) is 7.22. The van der Waals surface area contributed by atoms with E-state index in [0.29, 0.717) is 30.9 Å². The number of urea groups is 1. The topological polar surface area (TPSA) is 94.3 Å². The van der Waals surface area contributed by atoms with E-state index in [1.54, 1.807) is 15.7 Å². The van der Waals surface area contributed by atoms with Crippen LogP contribution in [0.3, 0.4) is 0 Å². The average Bonchev–Trinajstić information content (AvgIpc) is 3.05. The van der Waals surface area contributed by atoms with Crippen LogP contribution in [-0.2, 0) is 19.5 Å². The van der Waals surface area contributed by atoms with Crippen molar-refractivity contribution in [3.05, 3.63) is 46.5 Å². The Hall–Kier alpha value is -3.25. The second-order valence-electron chi connectivity index (χ2n) is 7.22. The molecule has 0 atom stereocenters. The SMILES string of the molecule is CN(C)CCCn1nc2c(c1C=O)CN(C(=O)Nc1ccc(F)c(C#N)c1)CC2. The molecule has 2 amide bonds. The summed E-state index contributed by atoms with van der Waals surface area (Å²) in [4.78, 5) is 28.0. The van der Waals surface area contributed by atoms with E-state index >= 15 is 0 Å². The maximum atomic E-state index is 13.5. The molecule has 1 aromatic heterocycles. The summed E-state index contributed by atoms with van der Waals surface area (Å²) < 4.78 is 15.2. The summed E-state index contributed by atoms with van der Waals surface area (Å²) in [7, 11) is 3.98. The molecule has 0 aliphatic carbocycles. The lowest BCUT2D eigenvalue weighted by Crippen LogP contribution is -2.39. The number of rotatable bonds is 6. The number of hydrogen-bond acceptors (Lipinski definition) is 5. The normalized spacial score (nSPS) is 13.1. The monoisotopic (exact) mass is 398 g/mol. The molecule has 2 heterocycles. The predicted molar refractivity (Wildman–Crippen MR) is 105 cm³/mol. The summed E-state index contributed by atoms with van der Waals surface area (Å²) in [5.41, 5.74) is 2.32. The van der Waals surface area contributed by atoms with Gasteiger partial charge in [0.25, 0.3) is 0 Å². The molecule has 1 aliphatic rings. The Kier molecular flexibility index (Phi) is 6.24. The summed E-state index contributed by atoms with van der Waals surface area (Å²) in [6.07, 6.45) is 2.21. The molecule has 152 valence electrons. The van der Waals surface area contributed by atoms with Gasteiger partial charge in [0.1, 0.15) is 17.6 Å². The molecule has 0 radical (unpaired) electrons. The maximum absolute atomic E-state index is 13.5. The van der Waals surface area contributed by atoms with Gasteiger partial charge in [0.15, 0.2) is 6.29 Å². The van der Waals surface area contributed by atoms with Crippen LogP contribution in [0.15, 0.2) is 18.2 Å². The first-order chi connectivity index (χ1) is 13.9. The largest absolute Gasteiger partial charge is 0.322 e. The summed E-state index contributed by atoms with van der Waals surface area (Å²) in [6, 6.07) is 5.22. The molecule has 0 spiro atoms. The number of benzene rings is 1. The standard InChI is InChI=1S/C20H23FN6O2/c1-25(2)7-3-8-27-19(13-28)16-12-26(9-6-18(16)24-27)20(29)23-15-4-5-17(21)14(10-15)11-22/h4-5,10,13H,3,6-9,12H2,1-2H3,(H,23,29). The second kappa shape index (κ2) is 8.84. The first kappa shape index (κ1) is 20.5. The van der Waals surface area contributed by atoms with Crippen molar-refractivity contribution in [3.8, 4) is 6.07 Å². The van der Waals surface area contributed by atoms with Gasteiger partial charge in [-0.1, -0.05) is 0 Å². The fraction of sp³-hybridized carbons (Fsp3) is 0.400. The summed E-state index contributed by atoms with van der Waals surface area (Å²) in [6.45, 7) is 2.26. The zero-order valence-electron chi connectivity index (χ0n) is 16.5. The van der Waals surface area contributed by atoms with Gasteiger partial charge in [-0.25, -0.2) is 9.18 Å². The number of aromatic nitrogens is 2. The number of carbonyl (C=O) groups excluding carboxylic acids is 2. The van der Waals surface area contributed by atoms with Crippen LogP contribution in [0.1, 0.15) is 33.7 Å². The van der Waals surface area contributed by atoms with E-state index < -0.39 is 5.82 Å². The number of carbonyl (C=O) groups is 2. The van der Waals surface area contributed by atoms with Gasteiger partial charge in [-0.3, -0.25) is 9.48 Å². The number of aryl methyl sites for hydroxylation is 1. The van der Waals surface area contributed by atoms with Gasteiger partial charge in [0.2, 0.25) is 0 Å². The minimum atomic E-state index is -0.634. The van der Waals surface area contributed by atoms with Gasteiger partial charge in [-0.05, 0) is 45.3 Å². The van der Waals surface area contributed by atoms with Crippen LogP contribution in [0.4, 0.5) is 14.9 Å². The fourth-order valence-electron chi connectivity index (χ4n) is 3.35.